The molecule has 1 amide bonds. The van der Waals surface area contributed by atoms with Crippen LogP contribution in [0.15, 0.2) is 76.8 Å². The third-order valence-electron chi connectivity index (χ3n) is 5.21. The first kappa shape index (κ1) is 22.2. The van der Waals surface area contributed by atoms with Gasteiger partial charge >= 0.3 is 0 Å². The van der Waals surface area contributed by atoms with Crippen LogP contribution in [0, 0.1) is 0 Å². The van der Waals surface area contributed by atoms with Gasteiger partial charge in [0.1, 0.15) is 16.3 Å². The number of amides is 1. The summed E-state index contributed by atoms with van der Waals surface area (Å²) < 4.78 is 31.5. The molecule has 0 atom stereocenters. The van der Waals surface area contributed by atoms with Crippen molar-refractivity contribution < 1.29 is 22.7 Å². The van der Waals surface area contributed by atoms with Crippen LogP contribution in [0.1, 0.15) is 33.3 Å². The topological polar surface area (TPSA) is 118 Å². The van der Waals surface area contributed by atoms with Gasteiger partial charge in [0.25, 0.3) is 5.91 Å². The van der Waals surface area contributed by atoms with Crippen molar-refractivity contribution in [2.24, 2.45) is 0 Å². The zero-order valence-corrected chi connectivity index (χ0v) is 18.8. The van der Waals surface area contributed by atoms with E-state index in [4.69, 9.17) is 4.74 Å². The van der Waals surface area contributed by atoms with Crippen LogP contribution in [0.4, 0.5) is 0 Å². The minimum Gasteiger partial charge on any atom is -0.495 e. The average molecular weight is 464 g/mol. The highest BCUT2D eigenvalue weighted by molar-refractivity contribution is 7.91. The molecule has 0 spiro atoms. The number of ketones is 1. The number of aromatic nitrogens is 2. The number of ether oxygens (including phenoxy) is 1. The van der Waals surface area contributed by atoms with Crippen molar-refractivity contribution in [3.05, 3.63) is 83.8 Å². The smallest absolute Gasteiger partial charge is 0.267 e. The molecule has 2 heterocycles. The summed E-state index contributed by atoms with van der Waals surface area (Å²) in [7, 11) is -2.55. The first-order valence-electron chi connectivity index (χ1n) is 10.0. The fourth-order valence-corrected chi connectivity index (χ4v) is 4.84. The number of fused-ring (bicyclic) bond motifs is 1. The first-order chi connectivity index (χ1) is 15.8. The molecule has 9 heteroatoms. The van der Waals surface area contributed by atoms with Gasteiger partial charge in [-0.1, -0.05) is 12.1 Å². The van der Waals surface area contributed by atoms with Gasteiger partial charge in [-0.05, 0) is 55.0 Å². The van der Waals surface area contributed by atoms with E-state index in [0.717, 1.165) is 16.5 Å². The average Bonchev–Trinajstić information content (AvgIpc) is 3.27. The van der Waals surface area contributed by atoms with Gasteiger partial charge < -0.3 is 15.0 Å². The number of methoxy groups -OCH3 is 1. The summed E-state index contributed by atoms with van der Waals surface area (Å²) in [5, 5.41) is 3.64. The molecule has 33 heavy (non-hydrogen) atoms. The van der Waals surface area contributed by atoms with Crippen LogP contribution in [0.2, 0.25) is 0 Å². The third kappa shape index (κ3) is 4.49. The van der Waals surface area contributed by atoms with E-state index in [0.29, 0.717) is 5.69 Å². The van der Waals surface area contributed by atoms with Crippen LogP contribution in [0.3, 0.4) is 0 Å². The van der Waals surface area contributed by atoms with Crippen molar-refractivity contribution in [1.29, 1.82) is 0 Å². The number of hydrogen-bond donors (Lipinski definition) is 2. The number of sulfone groups is 1. The van der Waals surface area contributed by atoms with Gasteiger partial charge in [-0.2, -0.15) is 0 Å². The van der Waals surface area contributed by atoms with Crippen molar-refractivity contribution >= 4 is 32.4 Å². The molecule has 0 saturated carbocycles. The normalized spacial score (nSPS) is 11.3. The molecule has 0 aliphatic rings. The van der Waals surface area contributed by atoms with Gasteiger partial charge in [-0.3, -0.25) is 14.6 Å². The Morgan fingerprint density at radius 1 is 1.06 bits per heavy atom. The van der Waals surface area contributed by atoms with E-state index in [2.05, 4.69) is 15.3 Å². The van der Waals surface area contributed by atoms with Crippen LogP contribution in [0.25, 0.3) is 10.9 Å². The van der Waals surface area contributed by atoms with E-state index >= 15 is 0 Å². The van der Waals surface area contributed by atoms with Crippen molar-refractivity contribution in [2.45, 2.75) is 23.3 Å². The fraction of sp³-hybridized carbons (Fsp3) is 0.125. The maximum Gasteiger partial charge on any atom is 0.267 e. The van der Waals surface area contributed by atoms with Gasteiger partial charge in [-0.15, -0.1) is 0 Å². The van der Waals surface area contributed by atoms with Gasteiger partial charge in [0, 0.05) is 35.4 Å². The molecule has 0 aliphatic heterocycles. The highest BCUT2D eigenvalue weighted by Crippen LogP contribution is 2.30. The summed E-state index contributed by atoms with van der Waals surface area (Å²) >= 11 is 0. The molecule has 4 aromatic rings. The largest absolute Gasteiger partial charge is 0.495 e. The monoisotopic (exact) mass is 463 g/mol. The van der Waals surface area contributed by atoms with Crippen molar-refractivity contribution in [3.63, 3.8) is 0 Å². The minimum absolute atomic E-state index is 0.0553. The Morgan fingerprint density at radius 3 is 2.48 bits per heavy atom. The lowest BCUT2D eigenvalue weighted by Gasteiger charge is -2.11. The lowest BCUT2D eigenvalue weighted by atomic mass is 10.1. The number of Topliss-reactive ketones (excluding diaryl/α,β-unsaturated/α-hetero) is 1. The van der Waals surface area contributed by atoms with Crippen LogP contribution in [-0.4, -0.2) is 37.2 Å². The summed E-state index contributed by atoms with van der Waals surface area (Å²) in [5.41, 5.74) is 2.23. The highest BCUT2D eigenvalue weighted by Gasteiger charge is 2.23. The van der Waals surface area contributed by atoms with E-state index in [1.807, 2.05) is 0 Å². The van der Waals surface area contributed by atoms with Gasteiger partial charge in [-0.25, -0.2) is 8.42 Å². The number of pyridine rings is 1. The molecule has 0 radical (unpaired) electrons. The van der Waals surface area contributed by atoms with Crippen molar-refractivity contribution in [3.8, 4) is 5.75 Å². The van der Waals surface area contributed by atoms with E-state index in [-0.39, 0.29) is 39.3 Å². The molecule has 0 fully saturated rings. The number of benzene rings is 2. The number of carbonyl (C=O) groups is 2. The standard InChI is InChI=1S/C24H21N3O5S/c1-15(28)17-5-8-22(32-2)23(12-17)33(30,31)19-6-3-16(4-7-19)13-26-24(29)21-11-18-14-25-10-9-20(18)27-21/h3-12,14,27H,13H2,1-2H3,(H,26,29). The Balaban J connectivity index is 1.51. The second-order valence-electron chi connectivity index (χ2n) is 7.40. The molecular formula is C24H21N3O5S. The van der Waals surface area contributed by atoms with Crippen LogP contribution < -0.4 is 10.1 Å². The second kappa shape index (κ2) is 8.87. The summed E-state index contributed by atoms with van der Waals surface area (Å²) in [6, 6.07) is 14.0. The zero-order valence-electron chi connectivity index (χ0n) is 18.0. The third-order valence-corrected chi connectivity index (χ3v) is 7.00. The molecule has 0 unspecified atom stereocenters. The SMILES string of the molecule is COc1ccc(C(C)=O)cc1S(=O)(=O)c1ccc(CNC(=O)c2cc3cnccc3[nH]2)cc1. The summed E-state index contributed by atoms with van der Waals surface area (Å²) in [6.45, 7) is 1.59. The Kier molecular flexibility index (Phi) is 5.97. The molecule has 8 nitrogen and oxygen atoms in total. The molecule has 2 aromatic heterocycles. The molecule has 4 rings (SSSR count). The van der Waals surface area contributed by atoms with E-state index in [1.54, 1.807) is 36.7 Å². The number of H-pyrrole nitrogens is 1. The van der Waals surface area contributed by atoms with Crippen molar-refractivity contribution in [1.82, 2.24) is 15.3 Å². The van der Waals surface area contributed by atoms with Crippen LogP contribution in [-0.2, 0) is 16.4 Å². The maximum absolute atomic E-state index is 13.2. The van der Waals surface area contributed by atoms with Crippen LogP contribution >= 0.6 is 0 Å². The predicted octanol–water partition coefficient (Wildman–Crippen LogP) is 3.54. The van der Waals surface area contributed by atoms with E-state index in [1.165, 1.54) is 44.4 Å². The molecule has 2 N–H and O–H groups in total. The number of hydrogen-bond acceptors (Lipinski definition) is 6. The Labute approximate surface area is 190 Å². The predicted molar refractivity (Wildman–Crippen MR) is 122 cm³/mol. The quantitative estimate of drug-likeness (QED) is 0.405. The fourth-order valence-electron chi connectivity index (χ4n) is 3.39. The lowest BCUT2D eigenvalue weighted by molar-refractivity contribution is 0.0945. The molecule has 0 saturated heterocycles. The van der Waals surface area contributed by atoms with E-state index in [9.17, 15) is 18.0 Å². The number of rotatable bonds is 7. The molecule has 2 aromatic carbocycles. The lowest BCUT2D eigenvalue weighted by Crippen LogP contribution is -2.23. The Hall–Kier alpha value is -3.98. The molecule has 168 valence electrons. The minimum atomic E-state index is -3.92. The zero-order chi connectivity index (χ0) is 23.6. The van der Waals surface area contributed by atoms with Crippen molar-refractivity contribution in [2.75, 3.05) is 7.11 Å². The first-order valence-corrected chi connectivity index (χ1v) is 11.5. The second-order valence-corrected chi connectivity index (χ2v) is 9.32. The number of carbonyl (C=O) groups excluding carboxylic acids is 2. The summed E-state index contributed by atoms with van der Waals surface area (Å²) in [6.07, 6.45) is 3.31. The Morgan fingerprint density at radius 2 is 1.82 bits per heavy atom. The summed E-state index contributed by atoms with van der Waals surface area (Å²) in [4.78, 5) is 31.2. The maximum atomic E-state index is 13.2. The molecule has 0 aliphatic carbocycles. The highest BCUT2D eigenvalue weighted by atomic mass is 32.2. The van der Waals surface area contributed by atoms with Gasteiger partial charge in [0.2, 0.25) is 9.84 Å². The van der Waals surface area contributed by atoms with Gasteiger partial charge in [0.15, 0.2) is 5.78 Å². The van der Waals surface area contributed by atoms with Gasteiger partial charge in [0.05, 0.1) is 12.0 Å². The summed E-state index contributed by atoms with van der Waals surface area (Å²) in [5.74, 6) is -0.370. The van der Waals surface area contributed by atoms with Crippen LogP contribution in [0.5, 0.6) is 5.75 Å². The molecule has 0 bridgehead atoms. The number of nitrogens with one attached hydrogen (secondary N) is 2. The van der Waals surface area contributed by atoms with E-state index < -0.39 is 9.84 Å². The number of aromatic amines is 1. The Bertz CT molecular complexity index is 1420. The number of nitrogens with zero attached hydrogens (tertiary/aromatic N) is 1. The molecular weight excluding hydrogens is 442 g/mol.